The summed E-state index contributed by atoms with van der Waals surface area (Å²) in [5.41, 5.74) is 1.44. The smallest absolute Gasteiger partial charge is 0.144 e. The number of rotatable bonds is 5. The van der Waals surface area contributed by atoms with Gasteiger partial charge < -0.3 is 5.32 Å². The molecule has 3 nitrogen and oxygen atoms in total. The van der Waals surface area contributed by atoms with Crippen LogP contribution in [-0.4, -0.2) is 11.5 Å². The summed E-state index contributed by atoms with van der Waals surface area (Å²) in [6, 6.07) is 5.81. The van der Waals surface area contributed by atoms with Gasteiger partial charge in [-0.25, -0.2) is 4.98 Å². The summed E-state index contributed by atoms with van der Waals surface area (Å²) >= 11 is 0. The van der Waals surface area contributed by atoms with Gasteiger partial charge in [0.15, 0.2) is 0 Å². The van der Waals surface area contributed by atoms with E-state index in [0.717, 1.165) is 18.5 Å². The second-order valence-corrected chi connectivity index (χ2v) is 2.88. The Morgan fingerprint density at radius 2 is 2.50 bits per heavy atom. The lowest BCUT2D eigenvalue weighted by Crippen LogP contribution is -2.15. The Morgan fingerprint density at radius 3 is 3.21 bits per heavy atom. The zero-order valence-corrected chi connectivity index (χ0v) is 8.03. The van der Waals surface area contributed by atoms with Crippen LogP contribution in [0.5, 0.6) is 0 Å². The molecule has 72 valence electrons. The van der Waals surface area contributed by atoms with E-state index >= 15 is 0 Å². The first-order chi connectivity index (χ1) is 6.88. The highest BCUT2D eigenvalue weighted by Gasteiger charge is 2.00. The molecule has 1 aromatic heterocycles. The van der Waals surface area contributed by atoms with E-state index in [1.807, 2.05) is 18.2 Å². The Balaban J connectivity index is 2.50. The number of nitrogens with one attached hydrogen (secondary N) is 1. The van der Waals surface area contributed by atoms with Gasteiger partial charge >= 0.3 is 0 Å². The maximum atomic E-state index is 8.76. The van der Waals surface area contributed by atoms with Crippen molar-refractivity contribution in [2.45, 2.75) is 13.0 Å². The molecule has 0 aromatic carbocycles. The maximum Gasteiger partial charge on any atom is 0.144 e. The van der Waals surface area contributed by atoms with Crippen molar-refractivity contribution < 1.29 is 0 Å². The highest BCUT2D eigenvalue weighted by atomic mass is 14.8. The van der Waals surface area contributed by atoms with E-state index in [-0.39, 0.29) is 0 Å². The zero-order chi connectivity index (χ0) is 10.2. The van der Waals surface area contributed by atoms with Gasteiger partial charge in [-0.15, -0.1) is 6.58 Å². The van der Waals surface area contributed by atoms with Crippen LogP contribution in [0.15, 0.2) is 31.0 Å². The highest BCUT2D eigenvalue weighted by molar-refractivity contribution is 5.30. The Labute approximate surface area is 84.1 Å². The summed E-state index contributed by atoms with van der Waals surface area (Å²) in [5, 5.41) is 12.0. The average Bonchev–Trinajstić information content (AvgIpc) is 2.25. The fourth-order valence-electron chi connectivity index (χ4n) is 1.11. The molecule has 1 heterocycles. The van der Waals surface area contributed by atoms with Crippen molar-refractivity contribution in [2.75, 3.05) is 6.54 Å². The van der Waals surface area contributed by atoms with Crippen LogP contribution >= 0.6 is 0 Å². The van der Waals surface area contributed by atoms with Crippen LogP contribution in [0.25, 0.3) is 0 Å². The molecule has 1 rings (SSSR count). The first-order valence-corrected chi connectivity index (χ1v) is 4.54. The van der Waals surface area contributed by atoms with Crippen LogP contribution in [0.4, 0.5) is 0 Å². The van der Waals surface area contributed by atoms with Gasteiger partial charge in [-0.05, 0) is 19.0 Å². The average molecular weight is 187 g/mol. The van der Waals surface area contributed by atoms with Crippen molar-refractivity contribution in [3.8, 4) is 6.07 Å². The van der Waals surface area contributed by atoms with E-state index in [4.69, 9.17) is 5.26 Å². The summed E-state index contributed by atoms with van der Waals surface area (Å²) in [6.45, 7) is 5.20. The number of aromatic nitrogens is 1. The molecule has 0 spiro atoms. The summed E-state index contributed by atoms with van der Waals surface area (Å²) in [4.78, 5) is 3.97. The van der Waals surface area contributed by atoms with Crippen LogP contribution < -0.4 is 5.32 Å². The molecule has 0 bridgehead atoms. The van der Waals surface area contributed by atoms with E-state index in [2.05, 4.69) is 22.9 Å². The van der Waals surface area contributed by atoms with Gasteiger partial charge in [-0.3, -0.25) is 0 Å². The lowest BCUT2D eigenvalue weighted by atomic mass is 10.2. The van der Waals surface area contributed by atoms with Gasteiger partial charge in [0.2, 0.25) is 0 Å². The molecule has 0 saturated carbocycles. The van der Waals surface area contributed by atoms with Crippen LogP contribution in [0.3, 0.4) is 0 Å². The van der Waals surface area contributed by atoms with E-state index in [1.165, 1.54) is 0 Å². The molecule has 0 aliphatic heterocycles. The maximum absolute atomic E-state index is 8.76. The third-order valence-corrected chi connectivity index (χ3v) is 1.84. The molecule has 0 fully saturated rings. The van der Waals surface area contributed by atoms with Gasteiger partial charge in [0.1, 0.15) is 11.8 Å². The quantitative estimate of drug-likeness (QED) is 0.563. The van der Waals surface area contributed by atoms with E-state index in [0.29, 0.717) is 12.2 Å². The molecule has 0 saturated heterocycles. The van der Waals surface area contributed by atoms with E-state index in [1.54, 1.807) is 6.20 Å². The Morgan fingerprint density at radius 1 is 1.64 bits per heavy atom. The minimum absolute atomic E-state index is 0.499. The molecule has 0 aliphatic carbocycles. The molecule has 0 unspecified atom stereocenters. The summed E-state index contributed by atoms with van der Waals surface area (Å²) in [7, 11) is 0. The number of nitriles is 1. The number of hydrogen-bond acceptors (Lipinski definition) is 3. The van der Waals surface area contributed by atoms with E-state index < -0.39 is 0 Å². The summed E-state index contributed by atoms with van der Waals surface area (Å²) < 4.78 is 0. The minimum Gasteiger partial charge on any atom is -0.312 e. The van der Waals surface area contributed by atoms with E-state index in [9.17, 15) is 0 Å². The third kappa shape index (κ3) is 3.00. The lowest BCUT2D eigenvalue weighted by molar-refractivity contribution is 0.692. The highest BCUT2D eigenvalue weighted by Crippen LogP contribution is 2.02. The first kappa shape index (κ1) is 10.4. The number of pyridine rings is 1. The van der Waals surface area contributed by atoms with Crippen molar-refractivity contribution in [3.05, 3.63) is 42.2 Å². The molecular weight excluding hydrogens is 174 g/mol. The molecule has 1 aromatic rings. The van der Waals surface area contributed by atoms with Crippen LogP contribution in [0.2, 0.25) is 0 Å². The Hall–Kier alpha value is -1.66. The summed E-state index contributed by atoms with van der Waals surface area (Å²) in [5.74, 6) is 0. The molecule has 0 aliphatic rings. The standard InChI is InChI=1S/C11H13N3/c1-2-3-6-13-9-10-5-4-7-14-11(10)8-12/h2,4-5,7,13H,1,3,6,9H2. The largest absolute Gasteiger partial charge is 0.312 e. The fraction of sp³-hybridized carbons (Fsp3) is 0.273. The molecule has 3 heteroatoms. The van der Waals surface area contributed by atoms with Crippen molar-refractivity contribution in [1.82, 2.24) is 10.3 Å². The third-order valence-electron chi connectivity index (χ3n) is 1.84. The van der Waals surface area contributed by atoms with Crippen molar-refractivity contribution in [1.29, 1.82) is 5.26 Å². The van der Waals surface area contributed by atoms with Gasteiger partial charge in [0.25, 0.3) is 0 Å². The molecular formula is C11H13N3. The molecule has 14 heavy (non-hydrogen) atoms. The molecule has 0 amide bonds. The Kier molecular flexibility index (Phi) is 4.39. The van der Waals surface area contributed by atoms with Crippen molar-refractivity contribution in [3.63, 3.8) is 0 Å². The van der Waals surface area contributed by atoms with Gasteiger partial charge in [0, 0.05) is 18.3 Å². The fourth-order valence-corrected chi connectivity index (χ4v) is 1.11. The lowest BCUT2D eigenvalue weighted by Gasteiger charge is -2.03. The van der Waals surface area contributed by atoms with Gasteiger partial charge in [-0.1, -0.05) is 12.1 Å². The predicted molar refractivity (Wildman–Crippen MR) is 55.5 cm³/mol. The normalized spacial score (nSPS) is 9.36. The molecule has 0 radical (unpaired) electrons. The molecule has 0 atom stereocenters. The first-order valence-electron chi connectivity index (χ1n) is 4.54. The number of nitrogens with zero attached hydrogens (tertiary/aromatic N) is 2. The second-order valence-electron chi connectivity index (χ2n) is 2.88. The van der Waals surface area contributed by atoms with Crippen LogP contribution in [-0.2, 0) is 6.54 Å². The zero-order valence-electron chi connectivity index (χ0n) is 8.03. The minimum atomic E-state index is 0.499. The van der Waals surface area contributed by atoms with Crippen LogP contribution in [0.1, 0.15) is 17.7 Å². The van der Waals surface area contributed by atoms with Crippen molar-refractivity contribution in [2.24, 2.45) is 0 Å². The second kappa shape index (κ2) is 5.90. The Bertz CT molecular complexity index is 339. The monoisotopic (exact) mass is 187 g/mol. The number of hydrogen-bond donors (Lipinski definition) is 1. The molecule has 1 N–H and O–H groups in total. The SMILES string of the molecule is C=CCCNCc1cccnc1C#N. The van der Waals surface area contributed by atoms with Crippen LogP contribution in [0, 0.1) is 11.3 Å². The summed E-state index contributed by atoms with van der Waals surface area (Å²) in [6.07, 6.45) is 4.43. The van der Waals surface area contributed by atoms with Gasteiger partial charge in [0.05, 0.1) is 0 Å². The van der Waals surface area contributed by atoms with Crippen molar-refractivity contribution >= 4 is 0 Å². The van der Waals surface area contributed by atoms with Gasteiger partial charge in [-0.2, -0.15) is 5.26 Å². The predicted octanol–water partition coefficient (Wildman–Crippen LogP) is 1.62. The topological polar surface area (TPSA) is 48.7 Å².